The molecule has 1 nitrogen and oxygen atoms in total. The van der Waals surface area contributed by atoms with Crippen molar-refractivity contribution < 1.29 is 0 Å². The summed E-state index contributed by atoms with van der Waals surface area (Å²) < 4.78 is 0. The van der Waals surface area contributed by atoms with E-state index in [1.807, 2.05) is 0 Å². The van der Waals surface area contributed by atoms with Gasteiger partial charge in [-0.3, -0.25) is 0 Å². The number of unbranched alkanes of at least 4 members (excludes halogenated alkanes) is 5. The Kier molecular flexibility index (Phi) is 14.8. The lowest BCUT2D eigenvalue weighted by Crippen LogP contribution is -2.23. The maximum Gasteiger partial charge on any atom is 0.00103 e. The summed E-state index contributed by atoms with van der Waals surface area (Å²) in [6.07, 6.45) is 8.37. The van der Waals surface area contributed by atoms with Crippen LogP contribution in [0, 0.1) is 0 Å². The Morgan fingerprint density at radius 1 is 0.923 bits per heavy atom. The van der Waals surface area contributed by atoms with Crippen LogP contribution in [-0.4, -0.2) is 12.6 Å². The SMILES string of the molecule is CCCCCCCCNC(C)C.Cl. The van der Waals surface area contributed by atoms with Crippen LogP contribution >= 0.6 is 12.4 Å². The molecule has 0 aromatic heterocycles. The van der Waals surface area contributed by atoms with Crippen molar-refractivity contribution in [1.29, 1.82) is 0 Å². The van der Waals surface area contributed by atoms with Crippen molar-refractivity contribution in [1.82, 2.24) is 5.32 Å². The van der Waals surface area contributed by atoms with Gasteiger partial charge < -0.3 is 5.32 Å². The standard InChI is InChI=1S/C11H25N.ClH/c1-4-5-6-7-8-9-10-12-11(2)3;/h11-12H,4-10H2,1-3H3;1H. The molecule has 13 heavy (non-hydrogen) atoms. The topological polar surface area (TPSA) is 12.0 Å². The fourth-order valence-corrected chi connectivity index (χ4v) is 1.30. The van der Waals surface area contributed by atoms with Crippen molar-refractivity contribution in [3.8, 4) is 0 Å². The van der Waals surface area contributed by atoms with Crippen molar-refractivity contribution in [3.63, 3.8) is 0 Å². The van der Waals surface area contributed by atoms with Crippen LogP contribution in [0.3, 0.4) is 0 Å². The van der Waals surface area contributed by atoms with E-state index >= 15 is 0 Å². The molecule has 0 aromatic carbocycles. The smallest absolute Gasteiger partial charge is 0.00103 e. The second kappa shape index (κ2) is 12.2. The van der Waals surface area contributed by atoms with Crippen LogP contribution in [0.5, 0.6) is 0 Å². The van der Waals surface area contributed by atoms with Gasteiger partial charge in [0, 0.05) is 6.04 Å². The lowest BCUT2D eigenvalue weighted by molar-refractivity contribution is 0.535. The summed E-state index contributed by atoms with van der Waals surface area (Å²) in [7, 11) is 0. The predicted octanol–water partition coefficient (Wildman–Crippen LogP) is 3.77. The zero-order valence-corrected chi connectivity index (χ0v) is 10.3. The summed E-state index contributed by atoms with van der Waals surface area (Å²) in [5, 5.41) is 3.44. The van der Waals surface area contributed by atoms with E-state index in [4.69, 9.17) is 0 Å². The van der Waals surface area contributed by atoms with Crippen molar-refractivity contribution in [2.75, 3.05) is 6.54 Å². The van der Waals surface area contributed by atoms with Crippen LogP contribution in [-0.2, 0) is 0 Å². The van der Waals surface area contributed by atoms with Crippen molar-refractivity contribution in [2.45, 2.75) is 65.3 Å². The molecule has 82 valence electrons. The molecule has 2 heteroatoms. The Hall–Kier alpha value is 0.250. The molecule has 0 fully saturated rings. The molecule has 0 aliphatic rings. The summed E-state index contributed by atoms with van der Waals surface area (Å²) in [4.78, 5) is 0. The van der Waals surface area contributed by atoms with Gasteiger partial charge in [-0.25, -0.2) is 0 Å². The molecule has 0 heterocycles. The number of hydrogen-bond acceptors (Lipinski definition) is 1. The van der Waals surface area contributed by atoms with Crippen LogP contribution in [0.15, 0.2) is 0 Å². The third kappa shape index (κ3) is 15.0. The molecule has 0 aromatic rings. The van der Waals surface area contributed by atoms with Crippen molar-refractivity contribution in [3.05, 3.63) is 0 Å². The minimum absolute atomic E-state index is 0. The van der Waals surface area contributed by atoms with Gasteiger partial charge >= 0.3 is 0 Å². The number of halogens is 1. The normalized spacial score (nSPS) is 10.2. The lowest BCUT2D eigenvalue weighted by Gasteiger charge is -2.06. The highest BCUT2D eigenvalue weighted by Crippen LogP contribution is 2.03. The minimum Gasteiger partial charge on any atom is -0.315 e. The Labute approximate surface area is 90.1 Å². The van der Waals surface area contributed by atoms with Gasteiger partial charge in [-0.05, 0) is 13.0 Å². The average molecular weight is 208 g/mol. The monoisotopic (exact) mass is 207 g/mol. The van der Waals surface area contributed by atoms with Gasteiger partial charge in [0.05, 0.1) is 0 Å². The zero-order valence-electron chi connectivity index (χ0n) is 9.44. The molecule has 0 unspecified atom stereocenters. The van der Waals surface area contributed by atoms with Crippen LogP contribution in [0.25, 0.3) is 0 Å². The molecule has 0 saturated heterocycles. The second-order valence-electron chi connectivity index (χ2n) is 3.88. The fraction of sp³-hybridized carbons (Fsp3) is 1.00. The first-order valence-electron chi connectivity index (χ1n) is 5.50. The molecule has 0 saturated carbocycles. The summed E-state index contributed by atoms with van der Waals surface area (Å²) in [5.41, 5.74) is 0. The van der Waals surface area contributed by atoms with Crippen LogP contribution in [0.1, 0.15) is 59.3 Å². The van der Waals surface area contributed by atoms with E-state index in [9.17, 15) is 0 Å². The molecule has 0 atom stereocenters. The summed E-state index contributed by atoms with van der Waals surface area (Å²) in [5.74, 6) is 0. The molecular weight excluding hydrogens is 182 g/mol. The zero-order chi connectivity index (χ0) is 9.23. The van der Waals surface area contributed by atoms with E-state index in [0.29, 0.717) is 6.04 Å². The highest BCUT2D eigenvalue weighted by molar-refractivity contribution is 5.85. The largest absolute Gasteiger partial charge is 0.315 e. The van der Waals surface area contributed by atoms with Gasteiger partial charge in [0.1, 0.15) is 0 Å². The van der Waals surface area contributed by atoms with Crippen LogP contribution < -0.4 is 5.32 Å². The third-order valence-corrected chi connectivity index (χ3v) is 2.08. The summed E-state index contributed by atoms with van der Waals surface area (Å²) in [6, 6.07) is 0.653. The van der Waals surface area contributed by atoms with E-state index in [1.165, 1.54) is 45.1 Å². The van der Waals surface area contributed by atoms with Gasteiger partial charge in [0.2, 0.25) is 0 Å². The minimum atomic E-state index is 0. The van der Waals surface area contributed by atoms with Gasteiger partial charge in [-0.15, -0.1) is 12.4 Å². The average Bonchev–Trinajstić information content (AvgIpc) is 2.02. The van der Waals surface area contributed by atoms with E-state index in [-0.39, 0.29) is 12.4 Å². The maximum absolute atomic E-state index is 3.44. The second-order valence-corrected chi connectivity index (χ2v) is 3.88. The van der Waals surface area contributed by atoms with Crippen LogP contribution in [0.4, 0.5) is 0 Å². The first-order valence-corrected chi connectivity index (χ1v) is 5.50. The maximum atomic E-state index is 3.44. The van der Waals surface area contributed by atoms with E-state index in [0.717, 1.165) is 0 Å². The van der Waals surface area contributed by atoms with E-state index in [2.05, 4.69) is 26.1 Å². The van der Waals surface area contributed by atoms with Crippen LogP contribution in [0.2, 0.25) is 0 Å². The molecule has 0 amide bonds. The Balaban J connectivity index is 0. The molecule has 0 rings (SSSR count). The highest BCUT2D eigenvalue weighted by atomic mass is 35.5. The number of rotatable bonds is 8. The number of hydrogen-bond donors (Lipinski definition) is 1. The molecule has 0 bridgehead atoms. The first kappa shape index (κ1) is 15.7. The Bertz CT molecular complexity index is 84.2. The molecular formula is C11H26ClN. The molecule has 0 aliphatic carbocycles. The number of nitrogens with one attached hydrogen (secondary N) is 1. The third-order valence-electron chi connectivity index (χ3n) is 2.08. The predicted molar refractivity (Wildman–Crippen MR) is 63.8 cm³/mol. The summed E-state index contributed by atoms with van der Waals surface area (Å²) in [6.45, 7) is 7.87. The van der Waals surface area contributed by atoms with Crippen molar-refractivity contribution >= 4 is 12.4 Å². The van der Waals surface area contributed by atoms with E-state index in [1.54, 1.807) is 0 Å². The van der Waals surface area contributed by atoms with Gasteiger partial charge in [-0.2, -0.15) is 0 Å². The van der Waals surface area contributed by atoms with Gasteiger partial charge in [0.25, 0.3) is 0 Å². The molecule has 1 N–H and O–H groups in total. The first-order chi connectivity index (χ1) is 5.77. The highest BCUT2D eigenvalue weighted by Gasteiger charge is 1.92. The molecule has 0 spiro atoms. The summed E-state index contributed by atoms with van der Waals surface area (Å²) >= 11 is 0. The van der Waals surface area contributed by atoms with E-state index < -0.39 is 0 Å². The van der Waals surface area contributed by atoms with Gasteiger partial charge in [0.15, 0.2) is 0 Å². The molecule has 0 aliphatic heterocycles. The molecule has 0 radical (unpaired) electrons. The Morgan fingerprint density at radius 3 is 2.00 bits per heavy atom. The van der Waals surface area contributed by atoms with Gasteiger partial charge in [-0.1, -0.05) is 52.9 Å². The van der Waals surface area contributed by atoms with Crippen molar-refractivity contribution in [2.24, 2.45) is 0 Å². The lowest BCUT2D eigenvalue weighted by atomic mass is 10.1. The Morgan fingerprint density at radius 2 is 1.46 bits per heavy atom. The fourth-order valence-electron chi connectivity index (χ4n) is 1.30. The quantitative estimate of drug-likeness (QED) is 0.598.